The molecule has 0 atom stereocenters. The maximum absolute atomic E-state index is 9.78. The highest BCUT2D eigenvalue weighted by Gasteiger charge is 2.14. The molecule has 0 amide bonds. The van der Waals surface area contributed by atoms with Gasteiger partial charge in [0.2, 0.25) is 0 Å². The standard InChI is InChI=1S/C29H29N7O/c1-21-25-9-11-34-28(25)8-7-27(21)35-29-23(17-30)18-33-19-26(29)22-3-5-24(6-4-22)37-16-13-31-10-2-14-36-15-12-32-20-36/h3-9,11-12,15,18-20,31,34H,2,10,13-14,16H2,1H3,(H,33,35). The second-order valence-electron chi connectivity index (χ2n) is 8.80. The fourth-order valence-electron chi connectivity index (χ4n) is 4.36. The van der Waals surface area contributed by atoms with E-state index in [9.17, 15) is 5.26 Å². The van der Waals surface area contributed by atoms with E-state index in [1.807, 2.05) is 55.1 Å². The van der Waals surface area contributed by atoms with E-state index in [0.717, 1.165) is 70.8 Å². The number of benzene rings is 2. The van der Waals surface area contributed by atoms with Crippen molar-refractivity contribution >= 4 is 22.3 Å². The first-order valence-corrected chi connectivity index (χ1v) is 12.3. The third-order valence-electron chi connectivity index (χ3n) is 6.37. The van der Waals surface area contributed by atoms with Crippen molar-refractivity contribution < 1.29 is 4.74 Å². The highest BCUT2D eigenvalue weighted by atomic mass is 16.5. The summed E-state index contributed by atoms with van der Waals surface area (Å²) in [5.41, 5.74) is 6.20. The van der Waals surface area contributed by atoms with Crippen LogP contribution in [-0.2, 0) is 6.54 Å². The number of H-pyrrole nitrogens is 1. The lowest BCUT2D eigenvalue weighted by atomic mass is 10.0. The van der Waals surface area contributed by atoms with E-state index >= 15 is 0 Å². The van der Waals surface area contributed by atoms with E-state index in [0.29, 0.717) is 12.2 Å². The van der Waals surface area contributed by atoms with Gasteiger partial charge in [0.1, 0.15) is 18.4 Å². The zero-order valence-electron chi connectivity index (χ0n) is 20.7. The first-order chi connectivity index (χ1) is 18.2. The van der Waals surface area contributed by atoms with Crippen molar-refractivity contribution in [2.24, 2.45) is 0 Å². The van der Waals surface area contributed by atoms with Gasteiger partial charge in [-0.05, 0) is 61.3 Å². The normalized spacial score (nSPS) is 10.9. The van der Waals surface area contributed by atoms with E-state index in [-0.39, 0.29) is 0 Å². The number of imidazole rings is 1. The molecule has 0 fully saturated rings. The Labute approximate surface area is 216 Å². The van der Waals surface area contributed by atoms with Crippen LogP contribution < -0.4 is 15.4 Å². The van der Waals surface area contributed by atoms with Gasteiger partial charge < -0.3 is 24.9 Å². The van der Waals surface area contributed by atoms with Crippen molar-refractivity contribution in [1.29, 1.82) is 5.26 Å². The Balaban J connectivity index is 1.22. The van der Waals surface area contributed by atoms with Gasteiger partial charge in [0.15, 0.2) is 0 Å². The highest BCUT2D eigenvalue weighted by molar-refractivity contribution is 5.91. The molecular formula is C29H29N7O. The number of hydrogen-bond donors (Lipinski definition) is 3. The molecule has 3 aromatic heterocycles. The van der Waals surface area contributed by atoms with Crippen molar-refractivity contribution in [1.82, 2.24) is 24.8 Å². The number of aryl methyl sites for hydroxylation is 2. The maximum atomic E-state index is 9.78. The number of hydrogen-bond acceptors (Lipinski definition) is 6. The molecule has 0 radical (unpaired) electrons. The minimum Gasteiger partial charge on any atom is -0.492 e. The molecule has 2 aromatic carbocycles. The number of anilines is 2. The van der Waals surface area contributed by atoms with Gasteiger partial charge in [-0.2, -0.15) is 5.26 Å². The first kappa shape index (κ1) is 24.1. The zero-order valence-corrected chi connectivity index (χ0v) is 20.7. The molecule has 3 heterocycles. The smallest absolute Gasteiger partial charge is 0.119 e. The number of rotatable bonds is 11. The van der Waals surface area contributed by atoms with E-state index in [4.69, 9.17) is 4.74 Å². The molecule has 5 rings (SSSR count). The Bertz CT molecular complexity index is 1500. The SMILES string of the molecule is Cc1c(Nc2c(C#N)cncc2-c2ccc(OCCNCCCn3ccnc3)cc2)ccc2[nH]ccc12. The molecule has 186 valence electrons. The molecule has 3 N–H and O–H groups in total. The van der Waals surface area contributed by atoms with Crippen LogP contribution in [0.1, 0.15) is 17.5 Å². The van der Waals surface area contributed by atoms with E-state index in [1.165, 1.54) is 0 Å². The van der Waals surface area contributed by atoms with Gasteiger partial charge in [-0.15, -0.1) is 0 Å². The summed E-state index contributed by atoms with van der Waals surface area (Å²) in [6.07, 6.45) is 12.0. The van der Waals surface area contributed by atoms with Crippen LogP contribution in [0.2, 0.25) is 0 Å². The molecule has 0 aliphatic rings. The first-order valence-electron chi connectivity index (χ1n) is 12.3. The fraction of sp³-hybridized carbons (Fsp3) is 0.207. The molecule has 0 saturated carbocycles. The van der Waals surface area contributed by atoms with Crippen LogP contribution in [0.5, 0.6) is 5.75 Å². The van der Waals surface area contributed by atoms with Crippen LogP contribution in [0.3, 0.4) is 0 Å². The zero-order chi connectivity index (χ0) is 25.5. The second kappa shape index (κ2) is 11.4. The number of fused-ring (bicyclic) bond motifs is 1. The van der Waals surface area contributed by atoms with Crippen LogP contribution >= 0.6 is 0 Å². The molecule has 5 aromatic rings. The predicted molar refractivity (Wildman–Crippen MR) is 146 cm³/mol. The summed E-state index contributed by atoms with van der Waals surface area (Å²) in [6.45, 7) is 5.32. The summed E-state index contributed by atoms with van der Waals surface area (Å²) >= 11 is 0. The third-order valence-corrected chi connectivity index (χ3v) is 6.37. The number of nitrogens with one attached hydrogen (secondary N) is 3. The van der Waals surface area contributed by atoms with Crippen molar-refractivity contribution in [2.75, 3.05) is 25.0 Å². The summed E-state index contributed by atoms with van der Waals surface area (Å²) in [4.78, 5) is 11.6. The predicted octanol–water partition coefficient (Wildman–Crippen LogP) is 5.41. The Kier molecular flexibility index (Phi) is 7.44. The summed E-state index contributed by atoms with van der Waals surface area (Å²) in [6, 6.07) is 16.3. The Morgan fingerprint density at radius 3 is 2.76 bits per heavy atom. The lowest BCUT2D eigenvalue weighted by molar-refractivity contribution is 0.313. The van der Waals surface area contributed by atoms with Crippen LogP contribution in [-0.4, -0.2) is 39.2 Å². The average Bonchev–Trinajstić information content (AvgIpc) is 3.63. The minimum atomic E-state index is 0.491. The Morgan fingerprint density at radius 1 is 1.05 bits per heavy atom. The number of nitriles is 1. The van der Waals surface area contributed by atoms with E-state index in [2.05, 4.69) is 49.2 Å². The Hall–Kier alpha value is -4.61. The van der Waals surface area contributed by atoms with Gasteiger partial charge in [-0.3, -0.25) is 4.98 Å². The van der Waals surface area contributed by atoms with Gasteiger partial charge in [-0.25, -0.2) is 4.98 Å². The quantitative estimate of drug-likeness (QED) is 0.214. The van der Waals surface area contributed by atoms with Crippen LogP contribution in [0, 0.1) is 18.3 Å². The molecule has 0 unspecified atom stereocenters. The molecule has 37 heavy (non-hydrogen) atoms. The molecule has 0 spiro atoms. The average molecular weight is 492 g/mol. The number of pyridine rings is 1. The molecule has 0 bridgehead atoms. The van der Waals surface area contributed by atoms with Gasteiger partial charge in [0, 0.05) is 66.2 Å². The van der Waals surface area contributed by atoms with Crippen LogP contribution in [0.4, 0.5) is 11.4 Å². The maximum Gasteiger partial charge on any atom is 0.119 e. The summed E-state index contributed by atoms with van der Waals surface area (Å²) in [7, 11) is 0. The number of nitrogens with zero attached hydrogens (tertiary/aromatic N) is 4. The highest BCUT2D eigenvalue weighted by Crippen LogP contribution is 2.35. The Morgan fingerprint density at radius 2 is 1.95 bits per heavy atom. The summed E-state index contributed by atoms with van der Waals surface area (Å²) in [5.74, 6) is 0.802. The lowest BCUT2D eigenvalue weighted by Gasteiger charge is -2.16. The van der Waals surface area contributed by atoms with Gasteiger partial charge >= 0.3 is 0 Å². The molecular weight excluding hydrogens is 462 g/mol. The van der Waals surface area contributed by atoms with E-state index < -0.39 is 0 Å². The van der Waals surface area contributed by atoms with Crippen molar-refractivity contribution in [3.8, 4) is 22.9 Å². The number of ether oxygens (including phenoxy) is 1. The molecule has 0 aliphatic heterocycles. The van der Waals surface area contributed by atoms with Crippen molar-refractivity contribution in [2.45, 2.75) is 19.9 Å². The largest absolute Gasteiger partial charge is 0.492 e. The summed E-state index contributed by atoms with van der Waals surface area (Å²) < 4.78 is 7.98. The van der Waals surface area contributed by atoms with Gasteiger partial charge in [0.25, 0.3) is 0 Å². The molecule has 0 aliphatic carbocycles. The second-order valence-corrected chi connectivity index (χ2v) is 8.80. The van der Waals surface area contributed by atoms with Crippen molar-refractivity contribution in [3.05, 3.63) is 90.9 Å². The minimum absolute atomic E-state index is 0.491. The third kappa shape index (κ3) is 5.63. The molecule has 8 heteroatoms. The molecule has 8 nitrogen and oxygen atoms in total. The lowest BCUT2D eigenvalue weighted by Crippen LogP contribution is -2.22. The topological polar surface area (TPSA) is 104 Å². The fourth-order valence-corrected chi connectivity index (χ4v) is 4.36. The summed E-state index contributed by atoms with van der Waals surface area (Å²) in [5, 5.41) is 17.8. The van der Waals surface area contributed by atoms with Gasteiger partial charge in [-0.1, -0.05) is 12.1 Å². The molecule has 0 saturated heterocycles. The van der Waals surface area contributed by atoms with Gasteiger partial charge in [0.05, 0.1) is 17.6 Å². The number of aromatic nitrogens is 4. The van der Waals surface area contributed by atoms with Crippen LogP contribution in [0.15, 0.2) is 79.8 Å². The van der Waals surface area contributed by atoms with E-state index in [1.54, 1.807) is 18.6 Å². The van der Waals surface area contributed by atoms with Crippen molar-refractivity contribution in [3.63, 3.8) is 0 Å². The monoisotopic (exact) mass is 491 g/mol. The van der Waals surface area contributed by atoms with Crippen LogP contribution in [0.25, 0.3) is 22.0 Å². The number of aromatic amines is 1.